The van der Waals surface area contributed by atoms with Gasteiger partial charge in [-0.05, 0) is 26.3 Å². The molecule has 19 heavy (non-hydrogen) atoms. The normalized spacial score (nSPS) is 18.7. The van der Waals surface area contributed by atoms with Gasteiger partial charge in [0.2, 0.25) is 0 Å². The van der Waals surface area contributed by atoms with Gasteiger partial charge in [0.1, 0.15) is 0 Å². The quantitative estimate of drug-likeness (QED) is 0.897. The Morgan fingerprint density at radius 2 is 1.74 bits per heavy atom. The summed E-state index contributed by atoms with van der Waals surface area (Å²) in [6.45, 7) is 12.0. The molecule has 1 aromatic carbocycles. The second-order valence-electron chi connectivity index (χ2n) is 6.35. The van der Waals surface area contributed by atoms with Crippen molar-refractivity contribution in [2.75, 3.05) is 32.7 Å². The molecule has 0 atom stereocenters. The Kier molecular flexibility index (Phi) is 4.61. The molecule has 1 fully saturated rings. The number of aryl methyl sites for hydroxylation is 1. The van der Waals surface area contributed by atoms with Crippen LogP contribution in [0.25, 0.3) is 0 Å². The molecule has 0 radical (unpaired) electrons. The van der Waals surface area contributed by atoms with Gasteiger partial charge in [-0.3, -0.25) is 9.80 Å². The third-order valence-electron chi connectivity index (χ3n) is 3.56. The molecule has 0 aliphatic carbocycles. The van der Waals surface area contributed by atoms with Crippen LogP contribution in [0.4, 0.5) is 0 Å². The summed E-state index contributed by atoms with van der Waals surface area (Å²) in [4.78, 5) is 4.85. The zero-order chi connectivity index (χ0) is 13.9. The van der Waals surface area contributed by atoms with Crippen molar-refractivity contribution in [3.8, 4) is 0 Å². The number of aliphatic hydroxyl groups is 1. The Balaban J connectivity index is 1.80. The van der Waals surface area contributed by atoms with Crippen LogP contribution in [0.1, 0.15) is 25.0 Å². The smallest absolute Gasteiger partial charge is 0.0718 e. The molecule has 106 valence electrons. The summed E-state index contributed by atoms with van der Waals surface area (Å²) >= 11 is 0. The van der Waals surface area contributed by atoms with Crippen LogP contribution >= 0.6 is 0 Å². The molecule has 1 aromatic rings. The zero-order valence-electron chi connectivity index (χ0n) is 12.4. The van der Waals surface area contributed by atoms with E-state index >= 15 is 0 Å². The highest BCUT2D eigenvalue weighted by atomic mass is 16.3. The van der Waals surface area contributed by atoms with Crippen LogP contribution in [0, 0.1) is 6.92 Å². The summed E-state index contributed by atoms with van der Waals surface area (Å²) in [5.41, 5.74) is 2.15. The fraction of sp³-hybridized carbons (Fsp3) is 0.625. The van der Waals surface area contributed by atoms with Gasteiger partial charge in [-0.15, -0.1) is 0 Å². The number of hydrogen-bond acceptors (Lipinski definition) is 3. The third-order valence-corrected chi connectivity index (χ3v) is 3.56. The molecule has 0 saturated carbocycles. The number of β-amino-alcohol motifs (C(OH)–C–C–N with tert-alkyl or cyclic N) is 1. The van der Waals surface area contributed by atoms with Crippen molar-refractivity contribution in [3.05, 3.63) is 35.4 Å². The highest BCUT2D eigenvalue weighted by molar-refractivity contribution is 5.22. The minimum Gasteiger partial charge on any atom is -0.389 e. The van der Waals surface area contributed by atoms with E-state index in [9.17, 15) is 5.11 Å². The minimum atomic E-state index is -0.585. The van der Waals surface area contributed by atoms with Gasteiger partial charge in [0.25, 0.3) is 0 Å². The molecule has 3 nitrogen and oxygen atoms in total. The molecule has 0 unspecified atom stereocenters. The van der Waals surface area contributed by atoms with Crippen molar-refractivity contribution in [2.45, 2.75) is 32.9 Å². The van der Waals surface area contributed by atoms with Gasteiger partial charge >= 0.3 is 0 Å². The number of piperazine rings is 1. The molecule has 3 heteroatoms. The lowest BCUT2D eigenvalue weighted by Crippen LogP contribution is -2.50. The Bertz CT molecular complexity index is 403. The second kappa shape index (κ2) is 6.04. The summed E-state index contributed by atoms with van der Waals surface area (Å²) in [6.07, 6.45) is 0. The summed E-state index contributed by atoms with van der Waals surface area (Å²) in [6, 6.07) is 8.75. The van der Waals surface area contributed by atoms with Crippen LogP contribution in [0.15, 0.2) is 24.3 Å². The Morgan fingerprint density at radius 1 is 1.11 bits per heavy atom. The Hall–Kier alpha value is -0.900. The van der Waals surface area contributed by atoms with Crippen molar-refractivity contribution in [1.82, 2.24) is 9.80 Å². The van der Waals surface area contributed by atoms with Gasteiger partial charge in [0.05, 0.1) is 5.60 Å². The van der Waals surface area contributed by atoms with Crippen molar-refractivity contribution in [3.63, 3.8) is 0 Å². The number of benzene rings is 1. The Morgan fingerprint density at radius 3 is 2.32 bits per heavy atom. The van der Waals surface area contributed by atoms with Gasteiger partial charge in [-0.1, -0.05) is 29.8 Å². The van der Waals surface area contributed by atoms with Gasteiger partial charge < -0.3 is 5.11 Å². The summed E-state index contributed by atoms with van der Waals surface area (Å²) in [7, 11) is 0. The lowest BCUT2D eigenvalue weighted by Gasteiger charge is -2.37. The van der Waals surface area contributed by atoms with E-state index < -0.39 is 5.60 Å². The molecule has 0 amide bonds. The maximum absolute atomic E-state index is 9.85. The van der Waals surface area contributed by atoms with Crippen molar-refractivity contribution in [2.24, 2.45) is 0 Å². The topological polar surface area (TPSA) is 26.7 Å². The summed E-state index contributed by atoms with van der Waals surface area (Å²) < 4.78 is 0. The first-order valence-corrected chi connectivity index (χ1v) is 7.15. The van der Waals surface area contributed by atoms with Crippen molar-refractivity contribution < 1.29 is 5.11 Å². The Labute approximate surface area is 116 Å². The van der Waals surface area contributed by atoms with E-state index in [0.717, 1.165) is 39.3 Å². The van der Waals surface area contributed by atoms with E-state index in [1.807, 2.05) is 13.8 Å². The molecular weight excluding hydrogens is 236 g/mol. The number of nitrogens with zero attached hydrogens (tertiary/aromatic N) is 2. The van der Waals surface area contributed by atoms with Crippen LogP contribution in [0.3, 0.4) is 0 Å². The van der Waals surface area contributed by atoms with E-state index in [1.54, 1.807) is 0 Å². The fourth-order valence-corrected chi connectivity index (χ4v) is 2.72. The van der Waals surface area contributed by atoms with Gasteiger partial charge in [-0.2, -0.15) is 0 Å². The maximum Gasteiger partial charge on any atom is 0.0718 e. The second-order valence-corrected chi connectivity index (χ2v) is 6.35. The fourth-order valence-electron chi connectivity index (χ4n) is 2.72. The SMILES string of the molecule is Cc1cccc(CN2CCN(CC(C)(C)O)CC2)c1. The summed E-state index contributed by atoms with van der Waals surface area (Å²) in [5.74, 6) is 0. The van der Waals surface area contributed by atoms with E-state index in [1.165, 1.54) is 11.1 Å². The average Bonchev–Trinajstić information content (AvgIpc) is 2.30. The van der Waals surface area contributed by atoms with E-state index in [0.29, 0.717) is 0 Å². The largest absolute Gasteiger partial charge is 0.389 e. The predicted molar refractivity (Wildman–Crippen MR) is 79.2 cm³/mol. The van der Waals surface area contributed by atoms with Crippen LogP contribution in [-0.2, 0) is 6.54 Å². The maximum atomic E-state index is 9.85. The van der Waals surface area contributed by atoms with Gasteiger partial charge in [-0.25, -0.2) is 0 Å². The molecule has 0 spiro atoms. The molecule has 1 saturated heterocycles. The lowest BCUT2D eigenvalue weighted by atomic mass is 10.1. The average molecular weight is 262 g/mol. The van der Waals surface area contributed by atoms with Crippen LogP contribution in [0.5, 0.6) is 0 Å². The van der Waals surface area contributed by atoms with Crippen molar-refractivity contribution >= 4 is 0 Å². The minimum absolute atomic E-state index is 0.585. The summed E-state index contributed by atoms with van der Waals surface area (Å²) in [5, 5.41) is 9.85. The van der Waals surface area contributed by atoms with E-state index in [2.05, 4.69) is 41.0 Å². The van der Waals surface area contributed by atoms with E-state index in [4.69, 9.17) is 0 Å². The van der Waals surface area contributed by atoms with E-state index in [-0.39, 0.29) is 0 Å². The molecule has 2 rings (SSSR count). The van der Waals surface area contributed by atoms with Gasteiger partial charge in [0, 0.05) is 39.3 Å². The molecule has 1 aliphatic rings. The molecule has 1 aliphatic heterocycles. The first kappa shape index (κ1) is 14.5. The molecule has 0 aromatic heterocycles. The van der Waals surface area contributed by atoms with Crippen LogP contribution in [0.2, 0.25) is 0 Å². The highest BCUT2D eigenvalue weighted by Crippen LogP contribution is 2.12. The lowest BCUT2D eigenvalue weighted by molar-refractivity contribution is 0.0167. The van der Waals surface area contributed by atoms with Crippen LogP contribution < -0.4 is 0 Å². The molecule has 1 N–H and O–H groups in total. The third kappa shape index (κ3) is 4.94. The standard InChI is InChI=1S/C16H26N2O/c1-14-5-4-6-15(11-14)12-17-7-9-18(10-8-17)13-16(2,3)19/h4-6,11,19H,7-10,12-13H2,1-3H3. The molecule has 1 heterocycles. The first-order chi connectivity index (χ1) is 8.92. The first-order valence-electron chi connectivity index (χ1n) is 7.15. The number of rotatable bonds is 4. The molecular formula is C16H26N2O. The highest BCUT2D eigenvalue weighted by Gasteiger charge is 2.22. The zero-order valence-corrected chi connectivity index (χ0v) is 12.4. The predicted octanol–water partition coefficient (Wildman–Crippen LogP) is 1.88. The number of hydrogen-bond donors (Lipinski definition) is 1. The van der Waals surface area contributed by atoms with Gasteiger partial charge in [0.15, 0.2) is 0 Å². The van der Waals surface area contributed by atoms with Crippen LogP contribution in [-0.4, -0.2) is 53.2 Å². The van der Waals surface area contributed by atoms with Crippen molar-refractivity contribution in [1.29, 1.82) is 0 Å². The molecule has 0 bridgehead atoms. The monoisotopic (exact) mass is 262 g/mol.